The van der Waals surface area contributed by atoms with Crippen LogP contribution < -0.4 is 5.32 Å². The van der Waals surface area contributed by atoms with Gasteiger partial charge in [-0.3, -0.25) is 19.3 Å². The normalized spacial score (nSPS) is 19.2. The zero-order chi connectivity index (χ0) is 16.7. The third-order valence-electron chi connectivity index (χ3n) is 2.90. The highest BCUT2D eigenvalue weighted by molar-refractivity contribution is 6.12. The molecule has 1 aromatic rings. The van der Waals surface area contributed by atoms with E-state index in [0.717, 1.165) is 4.90 Å². The lowest BCUT2D eigenvalue weighted by Gasteiger charge is -2.25. The van der Waals surface area contributed by atoms with Crippen LogP contribution >= 0.6 is 0 Å². The van der Waals surface area contributed by atoms with Gasteiger partial charge in [0.1, 0.15) is 23.7 Å². The van der Waals surface area contributed by atoms with E-state index in [0.29, 0.717) is 5.76 Å². The Balaban J connectivity index is 2.53. The van der Waals surface area contributed by atoms with Crippen molar-refractivity contribution in [2.24, 2.45) is 0 Å². The number of nitrogens with zero attached hydrogens (tertiary/aromatic N) is 2. The Morgan fingerprint density at radius 3 is 2.76 bits per heavy atom. The molecule has 0 unspecified atom stereocenters. The number of rotatable bonds is 1. The van der Waals surface area contributed by atoms with Crippen LogP contribution in [0.2, 0.25) is 0 Å². The van der Waals surface area contributed by atoms with Gasteiger partial charge in [-0.2, -0.15) is 0 Å². The molecule has 1 N–H and O–H groups in total. The van der Waals surface area contributed by atoms with Crippen molar-refractivity contribution in [3.63, 3.8) is 0 Å². The summed E-state index contributed by atoms with van der Waals surface area (Å²) in [5.41, 5.74) is -0.534. The first kappa shape index (κ1) is 13.5. The number of oxazole rings is 1. The van der Waals surface area contributed by atoms with E-state index < -0.39 is 23.1 Å². The summed E-state index contributed by atoms with van der Waals surface area (Å²) in [4.78, 5) is 40.1. The molecule has 0 aromatic carbocycles. The van der Waals surface area contributed by atoms with Crippen molar-refractivity contribution in [3.8, 4) is 0 Å². The van der Waals surface area contributed by atoms with Gasteiger partial charge < -0.3 is 9.73 Å². The van der Waals surface area contributed by atoms with Gasteiger partial charge in [-0.15, -0.1) is 0 Å². The van der Waals surface area contributed by atoms with Crippen LogP contribution in [0.1, 0.15) is 40.5 Å². The third-order valence-corrected chi connectivity index (χ3v) is 2.90. The summed E-state index contributed by atoms with van der Waals surface area (Å²) in [6.07, 6.45) is 1.18. The monoisotopic (exact) mass is 292 g/mol. The van der Waals surface area contributed by atoms with Crippen LogP contribution in [0.3, 0.4) is 0 Å². The number of nitrogens with one attached hydrogen (secondary N) is 1. The largest absolute Gasteiger partial charge is 0.447 e. The average molecular weight is 292 g/mol. The summed E-state index contributed by atoms with van der Waals surface area (Å²) in [7, 11) is 0. The molecule has 1 aromatic heterocycles. The molecule has 1 saturated heterocycles. The Kier molecular flexibility index (Phi) is 3.32. The maximum Gasteiger partial charge on any atom is 0.277 e. The lowest BCUT2D eigenvalue weighted by molar-refractivity contribution is -0.147. The summed E-state index contributed by atoms with van der Waals surface area (Å²) in [5.74, 6) is -1.39. The van der Waals surface area contributed by atoms with Gasteiger partial charge in [-0.05, 0) is 6.05 Å². The molecule has 1 aliphatic rings. The summed E-state index contributed by atoms with van der Waals surface area (Å²) in [5, 5.41) is 2.35. The smallest absolute Gasteiger partial charge is 0.277 e. The molecule has 21 heavy (non-hydrogen) atoms. The standard InChI is InChI=1S/C14H17N3O4/c1-8(18)17-6-11(19)16-10(13(17)20)5-9-12(14(2,3)4)21-7-15-9/h5,7H,6H2,1-4H3,(H,16,19)/b10-5-/i5D. The van der Waals surface area contributed by atoms with E-state index in [1.54, 1.807) is 0 Å². The second kappa shape index (κ2) is 5.16. The van der Waals surface area contributed by atoms with E-state index in [4.69, 9.17) is 5.79 Å². The molecule has 7 nitrogen and oxygen atoms in total. The van der Waals surface area contributed by atoms with Crippen molar-refractivity contribution in [1.29, 1.82) is 0 Å². The molecule has 2 rings (SSSR count). The molecule has 1 fully saturated rings. The van der Waals surface area contributed by atoms with Crippen LogP contribution in [0.4, 0.5) is 0 Å². The van der Waals surface area contributed by atoms with Crippen molar-refractivity contribution >= 4 is 23.8 Å². The van der Waals surface area contributed by atoms with E-state index in [1.165, 1.54) is 13.3 Å². The molecule has 0 radical (unpaired) electrons. The lowest BCUT2D eigenvalue weighted by atomic mass is 9.91. The van der Waals surface area contributed by atoms with E-state index in [-0.39, 0.29) is 24.0 Å². The number of amides is 3. The number of aromatic nitrogens is 1. The molecule has 0 atom stereocenters. The number of hydrogen-bond donors (Lipinski definition) is 1. The molecule has 0 saturated carbocycles. The van der Waals surface area contributed by atoms with Gasteiger partial charge in [0.25, 0.3) is 5.91 Å². The Morgan fingerprint density at radius 1 is 1.52 bits per heavy atom. The fraction of sp³-hybridized carbons (Fsp3) is 0.429. The number of piperazine rings is 1. The maximum atomic E-state index is 12.3. The quantitative estimate of drug-likeness (QED) is 0.773. The van der Waals surface area contributed by atoms with Gasteiger partial charge in [0, 0.05) is 12.3 Å². The summed E-state index contributed by atoms with van der Waals surface area (Å²) in [6.45, 7) is 6.46. The number of carbonyl (C=O) groups excluding carboxylic acids is 3. The van der Waals surface area contributed by atoms with E-state index in [9.17, 15) is 14.4 Å². The zero-order valence-electron chi connectivity index (χ0n) is 13.3. The minimum atomic E-state index is -0.722. The molecule has 0 aliphatic carbocycles. The first-order chi connectivity index (χ1) is 10.1. The Bertz CT molecular complexity index is 685. The highest BCUT2D eigenvalue weighted by Crippen LogP contribution is 2.26. The lowest BCUT2D eigenvalue weighted by Crippen LogP contribution is -2.51. The SMILES string of the molecule is [2H]/C(=C1/NC(=O)CN(C(C)=O)C1=O)c1ncoc1C(C)(C)C. The minimum absolute atomic E-state index is 0.168. The van der Waals surface area contributed by atoms with Gasteiger partial charge in [0.05, 0.1) is 1.37 Å². The van der Waals surface area contributed by atoms with Crippen LogP contribution in [0, 0.1) is 0 Å². The van der Waals surface area contributed by atoms with Crippen molar-refractivity contribution < 1.29 is 20.2 Å². The van der Waals surface area contributed by atoms with Gasteiger partial charge in [0.2, 0.25) is 11.8 Å². The van der Waals surface area contributed by atoms with Gasteiger partial charge in [-0.25, -0.2) is 4.98 Å². The molecular weight excluding hydrogens is 274 g/mol. The Hall–Kier alpha value is -2.44. The van der Waals surface area contributed by atoms with Crippen molar-refractivity contribution in [3.05, 3.63) is 23.5 Å². The van der Waals surface area contributed by atoms with Crippen LogP contribution in [0.15, 0.2) is 16.5 Å². The zero-order valence-corrected chi connectivity index (χ0v) is 12.3. The molecule has 3 amide bonds. The number of hydrogen-bond acceptors (Lipinski definition) is 5. The van der Waals surface area contributed by atoms with Crippen molar-refractivity contribution in [2.75, 3.05) is 6.54 Å². The first-order valence-corrected chi connectivity index (χ1v) is 6.40. The second-order valence-electron chi connectivity index (χ2n) is 5.74. The van der Waals surface area contributed by atoms with Crippen molar-refractivity contribution in [1.82, 2.24) is 15.2 Å². The molecule has 2 heterocycles. The van der Waals surface area contributed by atoms with Crippen LogP contribution in [0.25, 0.3) is 6.05 Å². The average Bonchev–Trinajstić information content (AvgIpc) is 2.89. The maximum absolute atomic E-state index is 12.3. The van der Waals surface area contributed by atoms with E-state index in [2.05, 4.69) is 10.3 Å². The minimum Gasteiger partial charge on any atom is -0.447 e. The van der Waals surface area contributed by atoms with E-state index >= 15 is 0 Å². The van der Waals surface area contributed by atoms with E-state index in [1.807, 2.05) is 20.8 Å². The highest BCUT2D eigenvalue weighted by Gasteiger charge is 2.31. The Labute approximate surface area is 123 Å². The van der Waals surface area contributed by atoms with Crippen molar-refractivity contribution in [2.45, 2.75) is 33.1 Å². The van der Waals surface area contributed by atoms with Crippen LogP contribution in [-0.4, -0.2) is 34.2 Å². The summed E-state index contributed by atoms with van der Waals surface area (Å²) in [6, 6.07) is -0.275. The Morgan fingerprint density at radius 2 is 2.19 bits per heavy atom. The predicted molar refractivity (Wildman–Crippen MR) is 73.7 cm³/mol. The predicted octanol–water partition coefficient (Wildman–Crippen LogP) is 0.818. The van der Waals surface area contributed by atoms with Crippen LogP contribution in [0.5, 0.6) is 0 Å². The molecule has 112 valence electrons. The number of carbonyl (C=O) groups is 3. The van der Waals surface area contributed by atoms with Gasteiger partial charge >= 0.3 is 0 Å². The fourth-order valence-electron chi connectivity index (χ4n) is 1.91. The van der Waals surface area contributed by atoms with Crippen LogP contribution in [-0.2, 0) is 19.8 Å². The first-order valence-electron chi connectivity index (χ1n) is 6.90. The summed E-state index contributed by atoms with van der Waals surface area (Å²) < 4.78 is 13.5. The molecule has 7 heteroatoms. The third kappa shape index (κ3) is 3.01. The highest BCUT2D eigenvalue weighted by atomic mass is 16.3. The fourth-order valence-corrected chi connectivity index (χ4v) is 1.91. The number of imide groups is 1. The summed E-state index contributed by atoms with van der Waals surface area (Å²) >= 11 is 0. The molecule has 0 spiro atoms. The topological polar surface area (TPSA) is 92.5 Å². The van der Waals surface area contributed by atoms with Gasteiger partial charge in [0.15, 0.2) is 6.39 Å². The van der Waals surface area contributed by atoms with Gasteiger partial charge in [-0.1, -0.05) is 20.8 Å². The molecule has 0 bridgehead atoms. The molecular formula is C14H17N3O4. The second-order valence-corrected chi connectivity index (χ2v) is 5.74. The molecule has 1 aliphatic heterocycles.